The van der Waals surface area contributed by atoms with Gasteiger partial charge < -0.3 is 5.32 Å². The zero-order valence-electron chi connectivity index (χ0n) is 12.7. The largest absolute Gasteiger partial charge is 0.309 e. The Morgan fingerprint density at radius 2 is 1.76 bits per heavy atom. The van der Waals surface area contributed by atoms with Gasteiger partial charge in [0.2, 0.25) is 0 Å². The molecule has 1 unspecified atom stereocenters. The fraction of sp³-hybridized carbons (Fsp3) is 0.333. The van der Waals surface area contributed by atoms with Crippen LogP contribution in [0.1, 0.15) is 36.6 Å². The van der Waals surface area contributed by atoms with Crippen molar-refractivity contribution in [3.05, 3.63) is 68.7 Å². The van der Waals surface area contributed by atoms with Crippen LogP contribution in [-0.4, -0.2) is 7.05 Å². The monoisotopic (exact) mass is 365 g/mol. The molecule has 21 heavy (non-hydrogen) atoms. The first-order valence-electron chi connectivity index (χ1n) is 7.22. The van der Waals surface area contributed by atoms with Gasteiger partial charge in [-0.2, -0.15) is 0 Å². The molecule has 3 heteroatoms. The Bertz CT molecular complexity index is 593. The molecule has 1 nitrogen and oxygen atoms in total. The Hall–Kier alpha value is -0.830. The lowest BCUT2D eigenvalue weighted by molar-refractivity contribution is 0.645. The molecule has 0 amide bonds. The summed E-state index contributed by atoms with van der Waals surface area (Å²) in [6, 6.07) is 15.0. The SMILES string of the molecule is CNC(c1ccc(CC(C)C)cc1)c1ccc(Br)cc1Cl. The van der Waals surface area contributed by atoms with E-state index >= 15 is 0 Å². The fourth-order valence-electron chi connectivity index (χ4n) is 2.55. The Morgan fingerprint density at radius 3 is 2.29 bits per heavy atom. The van der Waals surface area contributed by atoms with Gasteiger partial charge in [-0.3, -0.25) is 0 Å². The maximum Gasteiger partial charge on any atom is 0.0589 e. The van der Waals surface area contributed by atoms with Crippen molar-refractivity contribution in [3.8, 4) is 0 Å². The molecule has 0 saturated heterocycles. The minimum absolute atomic E-state index is 0.110. The van der Waals surface area contributed by atoms with E-state index in [4.69, 9.17) is 11.6 Å². The first kappa shape index (κ1) is 16.5. The van der Waals surface area contributed by atoms with Crippen LogP contribution in [-0.2, 0) is 6.42 Å². The van der Waals surface area contributed by atoms with Crippen molar-refractivity contribution in [2.75, 3.05) is 7.05 Å². The summed E-state index contributed by atoms with van der Waals surface area (Å²) in [6.07, 6.45) is 1.11. The van der Waals surface area contributed by atoms with Crippen molar-refractivity contribution < 1.29 is 0 Å². The van der Waals surface area contributed by atoms with E-state index in [1.165, 1.54) is 11.1 Å². The van der Waals surface area contributed by atoms with Gasteiger partial charge in [0, 0.05) is 9.50 Å². The van der Waals surface area contributed by atoms with Crippen molar-refractivity contribution in [3.63, 3.8) is 0 Å². The summed E-state index contributed by atoms with van der Waals surface area (Å²) in [4.78, 5) is 0. The molecule has 0 saturated carbocycles. The van der Waals surface area contributed by atoms with E-state index in [0.717, 1.165) is 21.5 Å². The van der Waals surface area contributed by atoms with Crippen molar-refractivity contribution >= 4 is 27.5 Å². The molecule has 2 rings (SSSR count). The normalized spacial score (nSPS) is 12.7. The van der Waals surface area contributed by atoms with E-state index in [1.54, 1.807) is 0 Å². The molecule has 0 bridgehead atoms. The predicted molar refractivity (Wildman–Crippen MR) is 95.0 cm³/mol. The Morgan fingerprint density at radius 1 is 1.10 bits per heavy atom. The molecule has 0 heterocycles. The summed E-state index contributed by atoms with van der Waals surface area (Å²) in [5, 5.41) is 4.13. The first-order valence-corrected chi connectivity index (χ1v) is 8.39. The van der Waals surface area contributed by atoms with Crippen LogP contribution in [0.4, 0.5) is 0 Å². The minimum atomic E-state index is 0.110. The van der Waals surface area contributed by atoms with Gasteiger partial charge in [-0.05, 0) is 48.2 Å². The van der Waals surface area contributed by atoms with Gasteiger partial charge >= 0.3 is 0 Å². The van der Waals surface area contributed by atoms with E-state index < -0.39 is 0 Å². The molecule has 0 spiro atoms. The second-order valence-corrected chi connectivity index (χ2v) is 7.05. The van der Waals surface area contributed by atoms with Crippen LogP contribution < -0.4 is 5.32 Å². The van der Waals surface area contributed by atoms with Gasteiger partial charge in [0.25, 0.3) is 0 Å². The van der Waals surface area contributed by atoms with Crippen LogP contribution in [0.15, 0.2) is 46.9 Å². The highest BCUT2D eigenvalue weighted by molar-refractivity contribution is 9.10. The van der Waals surface area contributed by atoms with Crippen LogP contribution in [0.3, 0.4) is 0 Å². The van der Waals surface area contributed by atoms with Crippen LogP contribution in [0.5, 0.6) is 0 Å². The molecule has 0 aliphatic carbocycles. The van der Waals surface area contributed by atoms with E-state index in [-0.39, 0.29) is 6.04 Å². The molecule has 0 aliphatic rings. The molecule has 2 aromatic rings. The van der Waals surface area contributed by atoms with Crippen molar-refractivity contribution in [1.82, 2.24) is 5.32 Å². The highest BCUT2D eigenvalue weighted by Crippen LogP contribution is 2.30. The molecule has 0 fully saturated rings. The lowest BCUT2D eigenvalue weighted by Gasteiger charge is -2.19. The molecule has 1 atom stereocenters. The average Bonchev–Trinajstić information content (AvgIpc) is 2.43. The highest BCUT2D eigenvalue weighted by atomic mass is 79.9. The fourth-order valence-corrected chi connectivity index (χ4v) is 3.34. The third-order valence-corrected chi connectivity index (χ3v) is 4.34. The van der Waals surface area contributed by atoms with Gasteiger partial charge in [-0.25, -0.2) is 0 Å². The molecule has 0 aromatic heterocycles. The van der Waals surface area contributed by atoms with E-state index in [0.29, 0.717) is 5.92 Å². The Balaban J connectivity index is 2.28. The van der Waals surface area contributed by atoms with Gasteiger partial charge in [0.15, 0.2) is 0 Å². The van der Waals surface area contributed by atoms with Crippen molar-refractivity contribution in [2.45, 2.75) is 26.3 Å². The van der Waals surface area contributed by atoms with Crippen LogP contribution in [0.25, 0.3) is 0 Å². The van der Waals surface area contributed by atoms with Gasteiger partial charge in [0.05, 0.1) is 6.04 Å². The molecular weight excluding hydrogens is 346 g/mol. The second kappa shape index (κ2) is 7.44. The number of rotatable bonds is 5. The Kier molecular flexibility index (Phi) is 5.86. The number of nitrogens with one attached hydrogen (secondary N) is 1. The van der Waals surface area contributed by atoms with Crippen LogP contribution in [0.2, 0.25) is 5.02 Å². The van der Waals surface area contributed by atoms with E-state index in [1.807, 2.05) is 19.2 Å². The van der Waals surface area contributed by atoms with E-state index in [2.05, 4.69) is 65.4 Å². The van der Waals surface area contributed by atoms with Crippen LogP contribution in [0, 0.1) is 5.92 Å². The molecule has 2 aromatic carbocycles. The molecule has 0 aliphatic heterocycles. The maximum absolute atomic E-state index is 6.38. The molecule has 0 radical (unpaired) electrons. The van der Waals surface area contributed by atoms with Crippen molar-refractivity contribution in [2.24, 2.45) is 5.92 Å². The quantitative estimate of drug-likeness (QED) is 0.725. The summed E-state index contributed by atoms with van der Waals surface area (Å²) in [5.74, 6) is 0.678. The lowest BCUT2D eigenvalue weighted by atomic mass is 9.96. The summed E-state index contributed by atoms with van der Waals surface area (Å²) >= 11 is 9.83. The standard InChI is InChI=1S/C18H21BrClN/c1-12(2)10-13-4-6-14(7-5-13)18(21-3)16-9-8-15(19)11-17(16)20/h4-9,11-12,18,21H,10H2,1-3H3. The summed E-state index contributed by atoms with van der Waals surface area (Å²) < 4.78 is 0.999. The third kappa shape index (κ3) is 4.32. The topological polar surface area (TPSA) is 12.0 Å². The zero-order valence-corrected chi connectivity index (χ0v) is 15.0. The van der Waals surface area contributed by atoms with Gasteiger partial charge in [-0.15, -0.1) is 0 Å². The third-order valence-electron chi connectivity index (χ3n) is 3.52. The second-order valence-electron chi connectivity index (χ2n) is 5.73. The summed E-state index contributed by atoms with van der Waals surface area (Å²) in [6.45, 7) is 4.48. The highest BCUT2D eigenvalue weighted by Gasteiger charge is 2.15. The predicted octanol–water partition coefficient (Wildman–Crippen LogP) is 5.61. The lowest BCUT2D eigenvalue weighted by Crippen LogP contribution is -2.18. The number of hydrogen-bond donors (Lipinski definition) is 1. The molecule has 1 N–H and O–H groups in total. The van der Waals surface area contributed by atoms with Crippen molar-refractivity contribution in [1.29, 1.82) is 0 Å². The molecule has 112 valence electrons. The summed E-state index contributed by atoms with van der Waals surface area (Å²) in [5.41, 5.74) is 3.71. The number of halogens is 2. The number of benzene rings is 2. The van der Waals surface area contributed by atoms with E-state index in [9.17, 15) is 0 Å². The smallest absolute Gasteiger partial charge is 0.0589 e. The maximum atomic E-state index is 6.38. The number of hydrogen-bond acceptors (Lipinski definition) is 1. The zero-order chi connectivity index (χ0) is 15.4. The summed E-state index contributed by atoms with van der Waals surface area (Å²) in [7, 11) is 1.96. The van der Waals surface area contributed by atoms with Crippen LogP contribution >= 0.6 is 27.5 Å². The first-order chi connectivity index (χ1) is 10.0. The Labute approximate surface area is 140 Å². The average molecular weight is 367 g/mol. The van der Waals surface area contributed by atoms with Gasteiger partial charge in [0.1, 0.15) is 0 Å². The van der Waals surface area contributed by atoms with Gasteiger partial charge in [-0.1, -0.05) is 71.7 Å². The minimum Gasteiger partial charge on any atom is -0.309 e. The molecular formula is C18H21BrClN.